The molecule has 2 aromatic rings. The van der Waals surface area contributed by atoms with Gasteiger partial charge in [-0.3, -0.25) is 9.69 Å². The number of carbonyl (C=O) groups excluding carboxylic acids is 1. The maximum Gasteiger partial charge on any atom is 0.255 e. The minimum atomic E-state index is 0.147. The highest BCUT2D eigenvalue weighted by Gasteiger charge is 2.27. The Kier molecular flexibility index (Phi) is 5.90. The van der Waals surface area contributed by atoms with Gasteiger partial charge in [-0.25, -0.2) is 0 Å². The van der Waals surface area contributed by atoms with E-state index in [4.69, 9.17) is 4.74 Å². The summed E-state index contributed by atoms with van der Waals surface area (Å²) in [5.41, 5.74) is 3.98. The molecule has 6 heteroatoms. The summed E-state index contributed by atoms with van der Waals surface area (Å²) in [5.74, 6) is 0.147. The number of aromatic nitrogens is 1. The van der Waals surface area contributed by atoms with Crippen LogP contribution < -0.4 is 0 Å². The van der Waals surface area contributed by atoms with Gasteiger partial charge in [-0.1, -0.05) is 15.9 Å². The van der Waals surface area contributed by atoms with E-state index in [1.54, 1.807) is 0 Å². The molecule has 0 aliphatic carbocycles. The van der Waals surface area contributed by atoms with E-state index >= 15 is 0 Å². The van der Waals surface area contributed by atoms with Crippen molar-refractivity contribution in [2.24, 2.45) is 0 Å². The summed E-state index contributed by atoms with van der Waals surface area (Å²) in [5, 5.41) is 0. The zero-order valence-corrected chi connectivity index (χ0v) is 18.2. The van der Waals surface area contributed by atoms with Crippen molar-refractivity contribution in [3.05, 3.63) is 51.8 Å². The predicted octanol–water partition coefficient (Wildman–Crippen LogP) is 3.79. The highest BCUT2D eigenvalue weighted by molar-refractivity contribution is 9.10. The Morgan fingerprint density at radius 1 is 1.14 bits per heavy atom. The fourth-order valence-corrected chi connectivity index (χ4v) is 4.61. The third kappa shape index (κ3) is 4.04. The smallest absolute Gasteiger partial charge is 0.255 e. The molecule has 2 saturated heterocycles. The Bertz CT molecular complexity index is 832. The third-order valence-electron chi connectivity index (χ3n) is 5.89. The molecule has 1 unspecified atom stereocenters. The van der Waals surface area contributed by atoms with Crippen LogP contribution in [-0.4, -0.2) is 65.7 Å². The lowest BCUT2D eigenvalue weighted by Gasteiger charge is -2.35. The molecule has 2 aliphatic heterocycles. The highest BCUT2D eigenvalue weighted by atomic mass is 79.9. The van der Waals surface area contributed by atoms with Gasteiger partial charge in [0, 0.05) is 60.9 Å². The van der Waals surface area contributed by atoms with Crippen molar-refractivity contribution in [2.75, 3.05) is 39.3 Å². The van der Waals surface area contributed by atoms with E-state index in [-0.39, 0.29) is 5.91 Å². The number of rotatable bonds is 4. The molecule has 5 nitrogen and oxygen atoms in total. The Balaban J connectivity index is 1.44. The molecule has 1 aromatic carbocycles. The summed E-state index contributed by atoms with van der Waals surface area (Å²) in [6.07, 6.45) is 2.73. The Morgan fingerprint density at radius 2 is 1.86 bits per heavy atom. The number of nitrogens with zero attached hydrogens (tertiary/aromatic N) is 3. The molecule has 3 heterocycles. The van der Waals surface area contributed by atoms with Gasteiger partial charge in [-0.15, -0.1) is 0 Å². The van der Waals surface area contributed by atoms with Crippen LogP contribution in [-0.2, 0) is 4.74 Å². The van der Waals surface area contributed by atoms with Gasteiger partial charge in [-0.05, 0) is 57.0 Å². The van der Waals surface area contributed by atoms with Crippen LogP contribution in [0.1, 0.15) is 34.6 Å². The molecule has 1 atom stereocenters. The van der Waals surface area contributed by atoms with Crippen molar-refractivity contribution in [1.82, 2.24) is 14.4 Å². The first kappa shape index (κ1) is 19.7. The Hall–Kier alpha value is -1.63. The maximum atomic E-state index is 13.2. The van der Waals surface area contributed by atoms with Crippen LogP contribution in [0.3, 0.4) is 0 Å². The standard InChI is InChI=1S/C22H28BrN3O2/c1-16-14-21(17(2)26(16)19-7-5-18(23)6-8-19)22(27)25-11-9-24(10-12-25)15-20-4-3-13-28-20/h5-8,14,20H,3-4,9-13,15H2,1-2H3. The van der Waals surface area contributed by atoms with Crippen LogP contribution in [0.2, 0.25) is 0 Å². The second-order valence-corrected chi connectivity index (χ2v) is 8.74. The molecule has 0 bridgehead atoms. The van der Waals surface area contributed by atoms with Crippen LogP contribution in [0.25, 0.3) is 5.69 Å². The van der Waals surface area contributed by atoms with Gasteiger partial charge in [0.1, 0.15) is 0 Å². The zero-order chi connectivity index (χ0) is 19.7. The third-order valence-corrected chi connectivity index (χ3v) is 6.42. The average molecular weight is 446 g/mol. The van der Waals surface area contributed by atoms with E-state index in [1.165, 1.54) is 12.8 Å². The molecule has 0 saturated carbocycles. The first-order valence-electron chi connectivity index (χ1n) is 10.1. The lowest BCUT2D eigenvalue weighted by molar-refractivity contribution is 0.0432. The van der Waals surface area contributed by atoms with Gasteiger partial charge in [0.05, 0.1) is 11.7 Å². The Labute approximate surface area is 175 Å². The monoisotopic (exact) mass is 445 g/mol. The van der Waals surface area contributed by atoms with Crippen LogP contribution in [0.5, 0.6) is 0 Å². The Morgan fingerprint density at radius 3 is 2.50 bits per heavy atom. The molecule has 0 spiro atoms. The second-order valence-electron chi connectivity index (χ2n) is 7.82. The van der Waals surface area contributed by atoms with Crippen molar-refractivity contribution in [1.29, 1.82) is 0 Å². The summed E-state index contributed by atoms with van der Waals surface area (Å²) in [6.45, 7) is 9.42. The summed E-state index contributed by atoms with van der Waals surface area (Å²) in [6, 6.07) is 10.2. The lowest BCUT2D eigenvalue weighted by Crippen LogP contribution is -2.50. The number of hydrogen-bond acceptors (Lipinski definition) is 3. The van der Waals surface area contributed by atoms with Crippen LogP contribution in [0.4, 0.5) is 0 Å². The van der Waals surface area contributed by atoms with Crippen molar-refractivity contribution in [2.45, 2.75) is 32.8 Å². The van der Waals surface area contributed by atoms with E-state index in [2.05, 4.69) is 44.5 Å². The van der Waals surface area contributed by atoms with Crippen molar-refractivity contribution >= 4 is 21.8 Å². The van der Waals surface area contributed by atoms with Gasteiger partial charge in [0.2, 0.25) is 0 Å². The topological polar surface area (TPSA) is 37.7 Å². The van der Waals surface area contributed by atoms with Gasteiger partial charge in [-0.2, -0.15) is 0 Å². The summed E-state index contributed by atoms with van der Waals surface area (Å²) >= 11 is 3.49. The molecule has 4 rings (SSSR count). The van der Waals surface area contributed by atoms with E-state index in [1.807, 2.05) is 30.0 Å². The van der Waals surface area contributed by atoms with Crippen molar-refractivity contribution in [3.63, 3.8) is 0 Å². The van der Waals surface area contributed by atoms with E-state index in [0.29, 0.717) is 6.10 Å². The number of aryl methyl sites for hydroxylation is 1. The predicted molar refractivity (Wildman–Crippen MR) is 114 cm³/mol. The number of benzene rings is 1. The summed E-state index contributed by atoms with van der Waals surface area (Å²) < 4.78 is 8.96. The molecule has 150 valence electrons. The van der Waals surface area contributed by atoms with E-state index in [9.17, 15) is 4.79 Å². The maximum absolute atomic E-state index is 13.2. The molecule has 2 fully saturated rings. The fraction of sp³-hybridized carbons (Fsp3) is 0.500. The minimum absolute atomic E-state index is 0.147. The molecule has 1 amide bonds. The number of carbonyl (C=O) groups is 1. The fourth-order valence-electron chi connectivity index (χ4n) is 4.35. The lowest BCUT2D eigenvalue weighted by atomic mass is 10.1. The number of hydrogen-bond donors (Lipinski definition) is 0. The van der Waals surface area contributed by atoms with Crippen molar-refractivity contribution in [3.8, 4) is 5.69 Å². The largest absolute Gasteiger partial charge is 0.377 e. The first-order valence-corrected chi connectivity index (χ1v) is 10.9. The number of amides is 1. The molecular formula is C22H28BrN3O2. The van der Waals surface area contributed by atoms with Crippen LogP contribution in [0, 0.1) is 13.8 Å². The number of piperazine rings is 1. The summed E-state index contributed by atoms with van der Waals surface area (Å²) in [4.78, 5) is 17.6. The van der Waals surface area contributed by atoms with E-state index < -0.39 is 0 Å². The van der Waals surface area contributed by atoms with Crippen molar-refractivity contribution < 1.29 is 9.53 Å². The van der Waals surface area contributed by atoms with Crippen LogP contribution in [0.15, 0.2) is 34.8 Å². The average Bonchev–Trinajstić information content (AvgIpc) is 3.30. The zero-order valence-electron chi connectivity index (χ0n) is 16.7. The SMILES string of the molecule is Cc1cc(C(=O)N2CCN(CC3CCCO3)CC2)c(C)n1-c1ccc(Br)cc1. The second kappa shape index (κ2) is 8.39. The molecule has 28 heavy (non-hydrogen) atoms. The van der Waals surface area contributed by atoms with Crippen LogP contribution >= 0.6 is 15.9 Å². The molecule has 0 N–H and O–H groups in total. The first-order chi connectivity index (χ1) is 13.5. The highest BCUT2D eigenvalue weighted by Crippen LogP contribution is 2.24. The van der Waals surface area contributed by atoms with Gasteiger partial charge in [0.25, 0.3) is 5.91 Å². The van der Waals surface area contributed by atoms with E-state index in [0.717, 1.165) is 66.4 Å². The number of halogens is 1. The quantitative estimate of drug-likeness (QED) is 0.718. The van der Waals surface area contributed by atoms with Gasteiger partial charge < -0.3 is 14.2 Å². The van der Waals surface area contributed by atoms with Gasteiger partial charge >= 0.3 is 0 Å². The minimum Gasteiger partial charge on any atom is -0.377 e. The summed E-state index contributed by atoms with van der Waals surface area (Å²) in [7, 11) is 0. The normalized spacial score (nSPS) is 20.7. The molecule has 0 radical (unpaired) electrons. The molecule has 2 aliphatic rings. The number of ether oxygens (including phenoxy) is 1. The molecular weight excluding hydrogens is 418 g/mol. The molecule has 1 aromatic heterocycles. The van der Waals surface area contributed by atoms with Gasteiger partial charge in [0.15, 0.2) is 0 Å².